The predicted molar refractivity (Wildman–Crippen MR) is 87.2 cm³/mol. The van der Waals surface area contributed by atoms with Crippen molar-refractivity contribution >= 4 is 21.4 Å². The van der Waals surface area contributed by atoms with E-state index in [1.807, 2.05) is 12.3 Å². The van der Waals surface area contributed by atoms with Crippen LogP contribution >= 0.6 is 11.3 Å². The summed E-state index contributed by atoms with van der Waals surface area (Å²) < 4.78 is 28.2. The molecule has 5 nitrogen and oxygen atoms in total. The average Bonchev–Trinajstić information content (AvgIpc) is 2.94. The summed E-state index contributed by atoms with van der Waals surface area (Å²) in [5.74, 6) is 0. The molecule has 7 heteroatoms. The number of likely N-dealkylation sites (N-methyl/N-ethyl adjacent to an activating group) is 1. The summed E-state index contributed by atoms with van der Waals surface area (Å²) in [6.45, 7) is 8.61. The van der Waals surface area contributed by atoms with Gasteiger partial charge in [-0.05, 0) is 49.5 Å². The van der Waals surface area contributed by atoms with Crippen LogP contribution in [0.5, 0.6) is 0 Å². The second-order valence-corrected chi connectivity index (χ2v) is 8.26. The number of thiophene rings is 1. The Morgan fingerprint density at radius 2 is 2.24 bits per heavy atom. The highest BCUT2D eigenvalue weighted by Gasteiger charge is 2.25. The molecular weight excluding hydrogens is 306 g/mol. The molecular formula is C14H25N3O2S2. The van der Waals surface area contributed by atoms with Gasteiger partial charge < -0.3 is 10.2 Å². The molecule has 1 aromatic rings. The molecule has 0 aromatic carbocycles. The van der Waals surface area contributed by atoms with E-state index in [1.54, 1.807) is 6.07 Å². The normalized spacial score (nSPS) is 20.8. The van der Waals surface area contributed by atoms with E-state index in [9.17, 15) is 8.42 Å². The second kappa shape index (κ2) is 7.69. The van der Waals surface area contributed by atoms with Crippen molar-refractivity contribution in [1.82, 2.24) is 14.9 Å². The van der Waals surface area contributed by atoms with Gasteiger partial charge in [-0.1, -0.05) is 13.8 Å². The molecule has 21 heavy (non-hydrogen) atoms. The van der Waals surface area contributed by atoms with Crippen LogP contribution in [0.15, 0.2) is 15.7 Å². The van der Waals surface area contributed by atoms with Crippen LogP contribution in [0.1, 0.15) is 32.3 Å². The van der Waals surface area contributed by atoms with Gasteiger partial charge in [-0.15, -0.1) is 11.3 Å². The molecule has 0 amide bonds. The molecule has 0 bridgehead atoms. The van der Waals surface area contributed by atoms with Gasteiger partial charge in [0.25, 0.3) is 0 Å². The van der Waals surface area contributed by atoms with E-state index in [2.05, 4.69) is 21.9 Å². The van der Waals surface area contributed by atoms with Crippen molar-refractivity contribution in [2.45, 2.75) is 43.5 Å². The van der Waals surface area contributed by atoms with Crippen LogP contribution in [-0.2, 0) is 16.6 Å². The average molecular weight is 332 g/mol. The molecule has 1 saturated heterocycles. The molecule has 2 heterocycles. The largest absolute Gasteiger partial charge is 0.313 e. The number of likely N-dealkylation sites (tertiary alicyclic amines) is 1. The first-order chi connectivity index (χ1) is 10.0. The molecule has 1 unspecified atom stereocenters. The van der Waals surface area contributed by atoms with Gasteiger partial charge in [0, 0.05) is 19.1 Å². The van der Waals surface area contributed by atoms with Crippen molar-refractivity contribution in [1.29, 1.82) is 0 Å². The smallest absolute Gasteiger partial charge is 0.250 e. The van der Waals surface area contributed by atoms with Crippen LogP contribution in [0.3, 0.4) is 0 Å². The van der Waals surface area contributed by atoms with Gasteiger partial charge in [-0.25, -0.2) is 13.1 Å². The third-order valence-corrected chi connectivity index (χ3v) is 6.76. The molecule has 0 aliphatic carbocycles. The molecule has 0 spiro atoms. The summed E-state index contributed by atoms with van der Waals surface area (Å²) in [5.41, 5.74) is 1.03. The summed E-state index contributed by atoms with van der Waals surface area (Å²) in [7, 11) is -3.38. The predicted octanol–water partition coefficient (Wildman–Crippen LogP) is 1.62. The summed E-state index contributed by atoms with van der Waals surface area (Å²) in [6.07, 6.45) is 1.97. The lowest BCUT2D eigenvalue weighted by Crippen LogP contribution is -2.47. The number of rotatable bonds is 7. The zero-order chi connectivity index (χ0) is 15.3. The molecule has 1 fully saturated rings. The summed E-state index contributed by atoms with van der Waals surface area (Å²) in [5, 5.41) is 5.12. The van der Waals surface area contributed by atoms with E-state index in [0.29, 0.717) is 4.21 Å². The number of nitrogens with zero attached hydrogens (tertiary/aromatic N) is 1. The van der Waals surface area contributed by atoms with Crippen molar-refractivity contribution in [3.05, 3.63) is 17.0 Å². The molecule has 2 N–H and O–H groups in total. The molecule has 2 rings (SSSR count). The van der Waals surface area contributed by atoms with Crippen LogP contribution < -0.4 is 10.0 Å². The second-order valence-electron chi connectivity index (χ2n) is 5.41. The van der Waals surface area contributed by atoms with Gasteiger partial charge in [-0.3, -0.25) is 0 Å². The van der Waals surface area contributed by atoms with Crippen LogP contribution in [0.4, 0.5) is 0 Å². The SMILES string of the molecule is CCNCc1csc(S(=O)(=O)NC2CCCN(CC)C2)c1. The lowest BCUT2D eigenvalue weighted by molar-refractivity contribution is 0.211. The Hall–Kier alpha value is -0.470. The highest BCUT2D eigenvalue weighted by molar-refractivity contribution is 7.91. The van der Waals surface area contributed by atoms with E-state index in [1.165, 1.54) is 11.3 Å². The van der Waals surface area contributed by atoms with Crippen molar-refractivity contribution in [2.75, 3.05) is 26.2 Å². The van der Waals surface area contributed by atoms with E-state index in [0.717, 1.165) is 51.1 Å². The lowest BCUT2D eigenvalue weighted by Gasteiger charge is -2.31. The number of hydrogen-bond donors (Lipinski definition) is 2. The van der Waals surface area contributed by atoms with Gasteiger partial charge in [-0.2, -0.15) is 0 Å². The number of hydrogen-bond acceptors (Lipinski definition) is 5. The molecule has 0 radical (unpaired) electrons. The van der Waals surface area contributed by atoms with Gasteiger partial charge in [0.05, 0.1) is 0 Å². The Labute approximate surface area is 131 Å². The van der Waals surface area contributed by atoms with Crippen molar-refractivity contribution < 1.29 is 8.42 Å². The highest BCUT2D eigenvalue weighted by atomic mass is 32.2. The van der Waals surface area contributed by atoms with Gasteiger partial charge >= 0.3 is 0 Å². The monoisotopic (exact) mass is 331 g/mol. The Bertz CT molecular complexity index is 542. The Kier molecular flexibility index (Phi) is 6.19. The zero-order valence-corrected chi connectivity index (χ0v) is 14.4. The minimum Gasteiger partial charge on any atom is -0.313 e. The first-order valence-corrected chi connectivity index (χ1v) is 9.94. The summed E-state index contributed by atoms with van der Waals surface area (Å²) in [4.78, 5) is 2.29. The third-order valence-electron chi connectivity index (χ3n) is 3.75. The topological polar surface area (TPSA) is 61.4 Å². The standard InChI is InChI=1S/C14H25N3O2S2/c1-3-15-9-12-8-14(20-11-12)21(18,19)16-13-6-5-7-17(4-2)10-13/h8,11,13,15-16H,3-7,9-10H2,1-2H3. The summed E-state index contributed by atoms with van der Waals surface area (Å²) >= 11 is 1.30. The Morgan fingerprint density at radius 1 is 1.43 bits per heavy atom. The van der Waals surface area contributed by atoms with E-state index in [-0.39, 0.29) is 6.04 Å². The van der Waals surface area contributed by atoms with Crippen LogP contribution in [0, 0.1) is 0 Å². The van der Waals surface area contributed by atoms with Crippen molar-refractivity contribution in [3.63, 3.8) is 0 Å². The van der Waals surface area contributed by atoms with Crippen molar-refractivity contribution in [2.24, 2.45) is 0 Å². The molecule has 1 aromatic heterocycles. The maximum Gasteiger partial charge on any atom is 0.250 e. The molecule has 0 saturated carbocycles. The quantitative estimate of drug-likeness (QED) is 0.797. The molecule has 120 valence electrons. The fourth-order valence-corrected chi connectivity index (χ4v) is 5.06. The van der Waals surface area contributed by atoms with Gasteiger partial charge in [0.1, 0.15) is 4.21 Å². The molecule has 1 atom stereocenters. The van der Waals surface area contributed by atoms with Crippen LogP contribution in [0.25, 0.3) is 0 Å². The minimum absolute atomic E-state index is 0.0306. The molecule has 1 aliphatic heterocycles. The van der Waals surface area contributed by atoms with Gasteiger partial charge in [0.2, 0.25) is 10.0 Å². The first-order valence-electron chi connectivity index (χ1n) is 7.58. The van der Waals surface area contributed by atoms with Crippen LogP contribution in [-0.4, -0.2) is 45.5 Å². The lowest BCUT2D eigenvalue weighted by atomic mass is 10.1. The van der Waals surface area contributed by atoms with E-state index < -0.39 is 10.0 Å². The van der Waals surface area contributed by atoms with Crippen LogP contribution in [0.2, 0.25) is 0 Å². The van der Waals surface area contributed by atoms with Crippen molar-refractivity contribution in [3.8, 4) is 0 Å². The summed E-state index contributed by atoms with van der Waals surface area (Å²) in [6, 6.07) is 1.80. The Balaban J connectivity index is 1.99. The zero-order valence-electron chi connectivity index (χ0n) is 12.8. The maximum atomic E-state index is 12.4. The fourth-order valence-electron chi connectivity index (χ4n) is 2.57. The Morgan fingerprint density at radius 3 is 2.95 bits per heavy atom. The number of nitrogens with one attached hydrogen (secondary N) is 2. The van der Waals surface area contributed by atoms with E-state index >= 15 is 0 Å². The van der Waals surface area contributed by atoms with Gasteiger partial charge in [0.15, 0.2) is 0 Å². The fraction of sp³-hybridized carbons (Fsp3) is 0.714. The maximum absolute atomic E-state index is 12.4. The number of sulfonamides is 1. The highest BCUT2D eigenvalue weighted by Crippen LogP contribution is 2.21. The third kappa shape index (κ3) is 4.75. The molecule has 1 aliphatic rings. The van der Waals surface area contributed by atoms with E-state index in [4.69, 9.17) is 0 Å². The minimum atomic E-state index is -3.38. The first kappa shape index (κ1) is 16.9. The number of piperidine rings is 1.